The lowest BCUT2D eigenvalue weighted by Crippen LogP contribution is -2.56. The van der Waals surface area contributed by atoms with E-state index in [1.165, 1.54) is 23.4 Å². The number of piperidine rings is 1. The molecule has 0 radical (unpaired) electrons. The molecule has 3 aromatic rings. The van der Waals surface area contributed by atoms with Gasteiger partial charge in [0.25, 0.3) is 5.91 Å². The van der Waals surface area contributed by atoms with Crippen molar-refractivity contribution in [3.63, 3.8) is 0 Å². The largest absolute Gasteiger partial charge is 0.394 e. The Morgan fingerprint density at radius 2 is 1.77 bits per heavy atom. The number of nitrogens with zero attached hydrogens (tertiary/aromatic N) is 6. The van der Waals surface area contributed by atoms with E-state index in [0.717, 1.165) is 54.9 Å². The summed E-state index contributed by atoms with van der Waals surface area (Å²) in [6.07, 6.45) is 9.54. The van der Waals surface area contributed by atoms with Crippen LogP contribution in [0.4, 0.5) is 16.0 Å². The summed E-state index contributed by atoms with van der Waals surface area (Å²) < 4.78 is 13.4. The number of pyridine rings is 1. The zero-order valence-electron chi connectivity index (χ0n) is 23.5. The number of carbonyl (C=O) groups excluding carboxylic acids is 1. The van der Waals surface area contributed by atoms with Crippen LogP contribution in [-0.2, 0) is 6.42 Å². The maximum Gasteiger partial charge on any atom is 0.254 e. The van der Waals surface area contributed by atoms with E-state index >= 15 is 0 Å². The Balaban J connectivity index is 0.00000370. The third-order valence-electron chi connectivity index (χ3n) is 8.31. The van der Waals surface area contributed by atoms with E-state index in [-0.39, 0.29) is 32.1 Å². The SMILES string of the molecule is Cc1cc(C)c(C(=O)N2CCN(c3ccc(F)cn3)[C@H](CO)C2)c(C)c1CC1CCN(c2cnccn2)CC1.S. The van der Waals surface area contributed by atoms with Gasteiger partial charge in [0.15, 0.2) is 0 Å². The standard InChI is InChI=1S/C30H37FN6O2.H2S/c1-20-14-21(2)29(22(3)26(20)15-23-6-10-35(11-7-23)28-17-32-8-9-33-28)30(39)36-12-13-37(25(18-36)19-38)27-5-4-24(31)16-34-27;/h4-5,8-9,14,16-17,23,25,38H,6-7,10-13,15,18-19H2,1-3H3;1H2/t25-;/m0./s1. The highest BCUT2D eigenvalue weighted by Crippen LogP contribution is 2.31. The van der Waals surface area contributed by atoms with E-state index in [1.807, 2.05) is 22.9 Å². The summed E-state index contributed by atoms with van der Waals surface area (Å²) in [6, 6.07) is 4.83. The van der Waals surface area contributed by atoms with Gasteiger partial charge in [0.05, 0.1) is 25.0 Å². The minimum atomic E-state index is -0.398. The molecule has 1 amide bonds. The molecule has 2 fully saturated rings. The average molecular weight is 567 g/mol. The van der Waals surface area contributed by atoms with Gasteiger partial charge in [-0.05, 0) is 80.3 Å². The Morgan fingerprint density at radius 1 is 1.00 bits per heavy atom. The summed E-state index contributed by atoms with van der Waals surface area (Å²) >= 11 is 0. The Hall–Kier alpha value is -3.24. The Bertz CT molecular complexity index is 1300. The van der Waals surface area contributed by atoms with E-state index in [2.05, 4.69) is 39.8 Å². The molecule has 0 bridgehead atoms. The second-order valence-corrected chi connectivity index (χ2v) is 10.8. The monoisotopic (exact) mass is 566 g/mol. The number of benzene rings is 1. The second-order valence-electron chi connectivity index (χ2n) is 10.8. The lowest BCUT2D eigenvalue weighted by Gasteiger charge is -2.41. The number of piperazine rings is 1. The minimum absolute atomic E-state index is 0. The van der Waals surface area contributed by atoms with Crippen molar-refractivity contribution in [3.05, 3.63) is 76.6 Å². The van der Waals surface area contributed by atoms with Crippen molar-refractivity contribution in [2.45, 2.75) is 46.1 Å². The normalized spacial score (nSPS) is 18.0. The van der Waals surface area contributed by atoms with Gasteiger partial charge in [-0.1, -0.05) is 6.07 Å². The molecule has 0 saturated carbocycles. The number of anilines is 2. The molecule has 40 heavy (non-hydrogen) atoms. The lowest BCUT2D eigenvalue weighted by molar-refractivity contribution is 0.0697. The highest BCUT2D eigenvalue weighted by molar-refractivity contribution is 7.59. The Labute approximate surface area is 242 Å². The van der Waals surface area contributed by atoms with Crippen LogP contribution in [0.2, 0.25) is 0 Å². The number of halogens is 1. The van der Waals surface area contributed by atoms with Crippen LogP contribution in [0.5, 0.6) is 0 Å². The van der Waals surface area contributed by atoms with E-state index in [0.29, 0.717) is 31.4 Å². The molecular weight excluding hydrogens is 527 g/mol. The molecule has 0 aliphatic carbocycles. The van der Waals surface area contributed by atoms with Crippen molar-refractivity contribution in [1.82, 2.24) is 19.9 Å². The van der Waals surface area contributed by atoms with Gasteiger partial charge in [-0.25, -0.2) is 14.4 Å². The van der Waals surface area contributed by atoms with Gasteiger partial charge >= 0.3 is 0 Å². The fourth-order valence-corrected chi connectivity index (χ4v) is 6.17. The smallest absolute Gasteiger partial charge is 0.254 e. The summed E-state index contributed by atoms with van der Waals surface area (Å²) in [5, 5.41) is 10.1. The topological polar surface area (TPSA) is 85.7 Å². The number of aryl methyl sites for hydroxylation is 2. The molecule has 4 heterocycles. The molecule has 1 aromatic carbocycles. The van der Waals surface area contributed by atoms with E-state index in [1.54, 1.807) is 18.5 Å². The van der Waals surface area contributed by atoms with Gasteiger partial charge in [-0.2, -0.15) is 13.5 Å². The highest BCUT2D eigenvalue weighted by atomic mass is 32.1. The van der Waals surface area contributed by atoms with Crippen molar-refractivity contribution in [2.75, 3.05) is 49.1 Å². The van der Waals surface area contributed by atoms with Crippen LogP contribution in [0.25, 0.3) is 0 Å². The Kier molecular flexibility index (Phi) is 9.63. The Morgan fingerprint density at radius 3 is 2.42 bits per heavy atom. The number of hydrogen-bond donors (Lipinski definition) is 1. The molecule has 10 heteroatoms. The third-order valence-corrected chi connectivity index (χ3v) is 8.31. The van der Waals surface area contributed by atoms with Gasteiger partial charge in [-0.15, -0.1) is 0 Å². The summed E-state index contributed by atoms with van der Waals surface area (Å²) in [7, 11) is 0. The molecule has 2 aromatic heterocycles. The minimum Gasteiger partial charge on any atom is -0.394 e. The van der Waals surface area contributed by atoms with Gasteiger partial charge < -0.3 is 19.8 Å². The van der Waals surface area contributed by atoms with Crippen LogP contribution in [0, 0.1) is 32.5 Å². The van der Waals surface area contributed by atoms with Gasteiger partial charge in [0, 0.05) is 50.7 Å². The number of rotatable bonds is 6. The van der Waals surface area contributed by atoms with Crippen LogP contribution in [-0.4, -0.2) is 76.2 Å². The lowest BCUT2D eigenvalue weighted by atomic mass is 9.84. The fraction of sp³-hybridized carbons (Fsp3) is 0.467. The van der Waals surface area contributed by atoms with E-state index in [4.69, 9.17) is 0 Å². The number of carbonyl (C=O) groups is 1. The molecule has 2 aliphatic rings. The summed E-state index contributed by atoms with van der Waals surface area (Å²) in [6.45, 7) is 9.45. The first-order valence-electron chi connectivity index (χ1n) is 13.7. The third kappa shape index (κ3) is 6.23. The number of aliphatic hydroxyl groups excluding tert-OH is 1. The van der Waals surface area contributed by atoms with Crippen LogP contribution in [0.15, 0.2) is 43.0 Å². The van der Waals surface area contributed by atoms with Crippen LogP contribution in [0.3, 0.4) is 0 Å². The second kappa shape index (κ2) is 13.0. The molecule has 1 atom stereocenters. The fourth-order valence-electron chi connectivity index (χ4n) is 6.17. The van der Waals surface area contributed by atoms with Crippen LogP contribution >= 0.6 is 13.5 Å². The van der Waals surface area contributed by atoms with Crippen molar-refractivity contribution in [3.8, 4) is 0 Å². The molecule has 5 rings (SSSR count). The predicted molar refractivity (Wildman–Crippen MR) is 160 cm³/mol. The molecule has 0 unspecified atom stereocenters. The molecular formula is C30H39FN6O2S. The first-order chi connectivity index (χ1) is 18.9. The van der Waals surface area contributed by atoms with Crippen LogP contribution in [0.1, 0.15) is 45.5 Å². The molecule has 214 valence electrons. The first kappa shape index (κ1) is 29.7. The van der Waals surface area contributed by atoms with Crippen molar-refractivity contribution >= 4 is 31.0 Å². The quantitative estimate of drug-likeness (QED) is 0.486. The van der Waals surface area contributed by atoms with Gasteiger partial charge in [0.2, 0.25) is 0 Å². The first-order valence-corrected chi connectivity index (χ1v) is 13.7. The highest BCUT2D eigenvalue weighted by Gasteiger charge is 2.32. The average Bonchev–Trinajstić information content (AvgIpc) is 2.96. The maximum absolute atomic E-state index is 13.9. The number of amides is 1. The molecule has 8 nitrogen and oxygen atoms in total. The van der Waals surface area contributed by atoms with Gasteiger partial charge in [0.1, 0.15) is 17.5 Å². The van der Waals surface area contributed by atoms with Crippen molar-refractivity contribution < 1.29 is 14.3 Å². The predicted octanol–water partition coefficient (Wildman–Crippen LogP) is 3.83. The molecule has 0 spiro atoms. The molecule has 1 N–H and O–H groups in total. The zero-order chi connectivity index (χ0) is 27.5. The van der Waals surface area contributed by atoms with Crippen LogP contribution < -0.4 is 9.80 Å². The van der Waals surface area contributed by atoms with E-state index < -0.39 is 5.82 Å². The summed E-state index contributed by atoms with van der Waals surface area (Å²) in [5.41, 5.74) is 5.34. The number of hydrogen-bond acceptors (Lipinski definition) is 7. The van der Waals surface area contributed by atoms with E-state index in [9.17, 15) is 14.3 Å². The van der Waals surface area contributed by atoms with Crippen molar-refractivity contribution in [1.29, 1.82) is 0 Å². The molecule has 2 aliphatic heterocycles. The van der Waals surface area contributed by atoms with Gasteiger partial charge in [-0.3, -0.25) is 9.78 Å². The maximum atomic E-state index is 13.9. The number of aromatic nitrogens is 3. The van der Waals surface area contributed by atoms with Crippen molar-refractivity contribution in [2.24, 2.45) is 5.92 Å². The summed E-state index contributed by atoms with van der Waals surface area (Å²) in [4.78, 5) is 32.8. The zero-order valence-corrected chi connectivity index (χ0v) is 24.5. The molecule has 2 saturated heterocycles. The number of aliphatic hydroxyl groups is 1. The summed E-state index contributed by atoms with van der Waals surface area (Å²) in [5.74, 6) is 1.70.